The molecule has 0 unspecified atom stereocenters. The van der Waals surface area contributed by atoms with Crippen molar-refractivity contribution >= 4 is 17.3 Å². The standard InChI is InChI=1S/C19H22N4O2S/c1-2-12-23(19(26)20-11-10-15-7-4-3-5-8-15)14-17-21-22-18(25-17)16-9-6-13-24-16/h3-9,13H,2,10-12,14H2,1H3,(H,20,26). The van der Waals surface area contributed by atoms with Crippen molar-refractivity contribution in [2.45, 2.75) is 26.3 Å². The van der Waals surface area contributed by atoms with E-state index in [1.165, 1.54) is 5.56 Å². The minimum Gasteiger partial charge on any atom is -0.459 e. The van der Waals surface area contributed by atoms with Gasteiger partial charge in [-0.05, 0) is 42.8 Å². The minimum absolute atomic E-state index is 0.379. The molecule has 0 amide bonds. The molecule has 136 valence electrons. The highest BCUT2D eigenvalue weighted by atomic mass is 32.1. The number of benzene rings is 1. The molecule has 6 nitrogen and oxygen atoms in total. The smallest absolute Gasteiger partial charge is 0.283 e. The number of nitrogens with zero attached hydrogens (tertiary/aromatic N) is 3. The predicted molar refractivity (Wildman–Crippen MR) is 103 cm³/mol. The lowest BCUT2D eigenvalue weighted by Crippen LogP contribution is -2.40. The molecule has 3 rings (SSSR count). The minimum atomic E-state index is 0.379. The third-order valence-corrected chi connectivity index (χ3v) is 4.24. The zero-order chi connectivity index (χ0) is 18.2. The van der Waals surface area contributed by atoms with Gasteiger partial charge in [-0.1, -0.05) is 37.3 Å². The Morgan fingerprint density at radius 1 is 1.15 bits per heavy atom. The second kappa shape index (κ2) is 9.15. The molecule has 0 spiro atoms. The third kappa shape index (κ3) is 4.92. The maximum Gasteiger partial charge on any atom is 0.283 e. The van der Waals surface area contributed by atoms with Gasteiger partial charge in [-0.3, -0.25) is 0 Å². The van der Waals surface area contributed by atoms with E-state index in [0.717, 1.165) is 25.9 Å². The lowest BCUT2D eigenvalue weighted by molar-refractivity contribution is 0.349. The first-order valence-corrected chi connectivity index (χ1v) is 9.10. The van der Waals surface area contributed by atoms with E-state index in [1.807, 2.05) is 23.1 Å². The van der Waals surface area contributed by atoms with Crippen molar-refractivity contribution in [3.05, 3.63) is 60.2 Å². The van der Waals surface area contributed by atoms with Crippen molar-refractivity contribution in [1.82, 2.24) is 20.4 Å². The fraction of sp³-hybridized carbons (Fsp3) is 0.316. The number of furan rings is 1. The van der Waals surface area contributed by atoms with Crippen LogP contribution in [0.2, 0.25) is 0 Å². The second-order valence-corrected chi connectivity index (χ2v) is 6.25. The van der Waals surface area contributed by atoms with Crippen LogP contribution in [0.4, 0.5) is 0 Å². The molecule has 2 heterocycles. The van der Waals surface area contributed by atoms with Crippen LogP contribution < -0.4 is 5.32 Å². The number of hydrogen-bond acceptors (Lipinski definition) is 5. The largest absolute Gasteiger partial charge is 0.459 e. The fourth-order valence-corrected chi connectivity index (χ4v) is 2.83. The molecule has 2 aromatic heterocycles. The van der Waals surface area contributed by atoms with E-state index >= 15 is 0 Å². The highest BCUT2D eigenvalue weighted by Gasteiger charge is 2.15. The second-order valence-electron chi connectivity index (χ2n) is 5.87. The zero-order valence-corrected chi connectivity index (χ0v) is 15.5. The van der Waals surface area contributed by atoms with Crippen LogP contribution in [0.3, 0.4) is 0 Å². The summed E-state index contributed by atoms with van der Waals surface area (Å²) in [5, 5.41) is 12.1. The van der Waals surface area contributed by atoms with E-state index in [-0.39, 0.29) is 0 Å². The van der Waals surface area contributed by atoms with Crippen LogP contribution >= 0.6 is 12.2 Å². The normalized spacial score (nSPS) is 10.7. The Kier molecular flexibility index (Phi) is 6.38. The first kappa shape index (κ1) is 18.1. The maximum atomic E-state index is 5.68. The van der Waals surface area contributed by atoms with E-state index in [0.29, 0.717) is 29.2 Å². The molecule has 1 aromatic carbocycles. The predicted octanol–water partition coefficient (Wildman–Crippen LogP) is 3.66. The molecule has 0 aliphatic heterocycles. The van der Waals surface area contributed by atoms with Gasteiger partial charge in [-0.15, -0.1) is 10.2 Å². The van der Waals surface area contributed by atoms with Crippen LogP contribution in [0.15, 0.2) is 57.6 Å². The molecular weight excluding hydrogens is 348 g/mol. The molecule has 0 aliphatic rings. The van der Waals surface area contributed by atoms with Gasteiger partial charge >= 0.3 is 0 Å². The third-order valence-electron chi connectivity index (χ3n) is 3.84. The van der Waals surface area contributed by atoms with E-state index in [9.17, 15) is 0 Å². The van der Waals surface area contributed by atoms with Crippen molar-refractivity contribution in [3.8, 4) is 11.7 Å². The van der Waals surface area contributed by atoms with Crippen molar-refractivity contribution in [1.29, 1.82) is 0 Å². The molecular formula is C19H22N4O2S. The molecule has 0 radical (unpaired) electrons. The molecule has 0 bridgehead atoms. The number of nitrogens with one attached hydrogen (secondary N) is 1. The summed E-state index contributed by atoms with van der Waals surface area (Å²) in [6.07, 6.45) is 3.47. The topological polar surface area (TPSA) is 67.3 Å². The van der Waals surface area contributed by atoms with Gasteiger partial charge in [0, 0.05) is 13.1 Å². The van der Waals surface area contributed by atoms with Gasteiger partial charge in [0.05, 0.1) is 12.8 Å². The Labute approximate surface area is 158 Å². The van der Waals surface area contributed by atoms with Gasteiger partial charge in [0.1, 0.15) is 0 Å². The lowest BCUT2D eigenvalue weighted by atomic mass is 10.1. The van der Waals surface area contributed by atoms with E-state index in [1.54, 1.807) is 18.4 Å². The van der Waals surface area contributed by atoms with Crippen LogP contribution in [0.1, 0.15) is 24.8 Å². The quantitative estimate of drug-likeness (QED) is 0.607. The molecule has 0 saturated carbocycles. The van der Waals surface area contributed by atoms with Crippen LogP contribution in [-0.2, 0) is 13.0 Å². The average molecular weight is 370 g/mol. The van der Waals surface area contributed by atoms with Crippen LogP contribution in [0.25, 0.3) is 11.7 Å². The zero-order valence-electron chi connectivity index (χ0n) is 14.7. The summed E-state index contributed by atoms with van der Waals surface area (Å²) < 4.78 is 11.0. The van der Waals surface area contributed by atoms with E-state index in [2.05, 4.69) is 34.6 Å². The SMILES string of the molecule is CCCN(Cc1nnc(-c2ccco2)o1)C(=S)NCCc1ccccc1. The number of rotatable bonds is 8. The van der Waals surface area contributed by atoms with Crippen molar-refractivity contribution in [3.63, 3.8) is 0 Å². The maximum absolute atomic E-state index is 5.68. The summed E-state index contributed by atoms with van der Waals surface area (Å²) in [6, 6.07) is 13.9. The van der Waals surface area contributed by atoms with Gasteiger partial charge in [0.2, 0.25) is 5.89 Å². The van der Waals surface area contributed by atoms with Gasteiger partial charge in [0.15, 0.2) is 10.9 Å². The number of aromatic nitrogens is 2. The van der Waals surface area contributed by atoms with E-state index < -0.39 is 0 Å². The Bertz CT molecular complexity index is 802. The van der Waals surface area contributed by atoms with Gasteiger partial charge in [-0.25, -0.2) is 0 Å². The first-order valence-electron chi connectivity index (χ1n) is 8.69. The van der Waals surface area contributed by atoms with Gasteiger partial charge in [0.25, 0.3) is 5.89 Å². The summed E-state index contributed by atoms with van der Waals surface area (Å²) in [6.45, 7) is 4.18. The number of thiocarbonyl (C=S) groups is 1. The van der Waals surface area contributed by atoms with Crippen LogP contribution in [0, 0.1) is 0 Å². The monoisotopic (exact) mass is 370 g/mol. The average Bonchev–Trinajstić information content (AvgIpc) is 3.34. The molecule has 0 aliphatic carbocycles. The van der Waals surface area contributed by atoms with Crippen molar-refractivity contribution in [2.24, 2.45) is 0 Å². The highest BCUT2D eigenvalue weighted by Crippen LogP contribution is 2.18. The summed E-state index contributed by atoms with van der Waals surface area (Å²) in [7, 11) is 0. The summed E-state index contributed by atoms with van der Waals surface area (Å²) in [4.78, 5) is 2.04. The highest BCUT2D eigenvalue weighted by molar-refractivity contribution is 7.80. The fourth-order valence-electron chi connectivity index (χ4n) is 2.57. The first-order chi connectivity index (χ1) is 12.8. The Balaban J connectivity index is 1.55. The molecule has 3 aromatic rings. The number of hydrogen-bond donors (Lipinski definition) is 1. The summed E-state index contributed by atoms with van der Waals surface area (Å²) in [5.41, 5.74) is 1.28. The van der Waals surface area contributed by atoms with Gasteiger partial charge < -0.3 is 19.1 Å². The van der Waals surface area contributed by atoms with E-state index in [4.69, 9.17) is 21.1 Å². The van der Waals surface area contributed by atoms with Gasteiger partial charge in [-0.2, -0.15) is 0 Å². The Morgan fingerprint density at radius 3 is 2.73 bits per heavy atom. The summed E-state index contributed by atoms with van der Waals surface area (Å²) in [5.74, 6) is 1.45. The Hall–Kier alpha value is -2.67. The molecule has 7 heteroatoms. The van der Waals surface area contributed by atoms with Crippen LogP contribution in [-0.4, -0.2) is 33.3 Å². The molecule has 0 saturated heterocycles. The van der Waals surface area contributed by atoms with Crippen LogP contribution in [0.5, 0.6) is 0 Å². The molecule has 0 atom stereocenters. The Morgan fingerprint density at radius 2 is 2.00 bits per heavy atom. The molecule has 26 heavy (non-hydrogen) atoms. The van der Waals surface area contributed by atoms with Crippen molar-refractivity contribution < 1.29 is 8.83 Å². The lowest BCUT2D eigenvalue weighted by Gasteiger charge is -2.23. The molecule has 1 N–H and O–H groups in total. The summed E-state index contributed by atoms with van der Waals surface area (Å²) >= 11 is 5.55. The van der Waals surface area contributed by atoms with Crippen molar-refractivity contribution in [2.75, 3.05) is 13.1 Å². The molecule has 0 fully saturated rings.